The van der Waals surface area contributed by atoms with Crippen molar-refractivity contribution in [3.05, 3.63) is 35.2 Å². The summed E-state index contributed by atoms with van der Waals surface area (Å²) in [4.78, 5) is 6.39. The van der Waals surface area contributed by atoms with Gasteiger partial charge in [-0.25, -0.2) is 0 Å². The normalized spacial score (nSPS) is 20.4. The quantitative estimate of drug-likeness (QED) is 0.928. The number of hydrogen-bond donors (Lipinski definition) is 1. The average Bonchev–Trinajstić information content (AvgIpc) is 2.82. The van der Waals surface area contributed by atoms with Crippen LogP contribution < -0.4 is 0 Å². The zero-order chi connectivity index (χ0) is 14.7. The Kier molecular flexibility index (Phi) is 4.50. The molecule has 2 heterocycles. The van der Waals surface area contributed by atoms with Gasteiger partial charge in [0.1, 0.15) is 0 Å². The topological polar surface area (TPSA) is 71.6 Å². The lowest BCUT2D eigenvalue weighted by molar-refractivity contribution is 0.0558. The molecule has 1 aromatic carbocycles. The van der Waals surface area contributed by atoms with Gasteiger partial charge in [-0.05, 0) is 12.1 Å². The van der Waals surface area contributed by atoms with Gasteiger partial charge in [-0.15, -0.1) is 0 Å². The molecule has 0 spiro atoms. The predicted molar refractivity (Wildman–Crippen MR) is 76.8 cm³/mol. The molecule has 112 valence electrons. The number of hydrogen-bond acceptors (Lipinski definition) is 6. The Morgan fingerprint density at radius 2 is 2.24 bits per heavy atom. The van der Waals surface area contributed by atoms with Gasteiger partial charge in [-0.3, -0.25) is 4.90 Å². The van der Waals surface area contributed by atoms with Gasteiger partial charge in [0.15, 0.2) is 0 Å². The van der Waals surface area contributed by atoms with E-state index in [1.807, 2.05) is 23.1 Å². The van der Waals surface area contributed by atoms with Crippen LogP contribution in [0.25, 0.3) is 11.4 Å². The lowest BCUT2D eigenvalue weighted by Crippen LogP contribution is -2.32. The van der Waals surface area contributed by atoms with E-state index in [0.717, 1.165) is 12.1 Å². The van der Waals surface area contributed by atoms with E-state index in [9.17, 15) is 5.11 Å². The van der Waals surface area contributed by atoms with Crippen LogP contribution in [-0.2, 0) is 11.3 Å². The molecule has 1 fully saturated rings. The van der Waals surface area contributed by atoms with Crippen LogP contribution in [0.1, 0.15) is 5.89 Å². The van der Waals surface area contributed by atoms with Crippen LogP contribution in [0, 0.1) is 0 Å². The molecule has 21 heavy (non-hydrogen) atoms. The number of rotatable bonds is 3. The number of ether oxygens (including phenoxy) is 1. The molecule has 0 aliphatic carbocycles. The van der Waals surface area contributed by atoms with Crippen molar-refractivity contribution in [2.24, 2.45) is 0 Å². The van der Waals surface area contributed by atoms with Crippen molar-refractivity contribution in [3.8, 4) is 11.4 Å². The first kappa shape index (κ1) is 14.5. The van der Waals surface area contributed by atoms with Gasteiger partial charge in [0.05, 0.1) is 30.9 Å². The van der Waals surface area contributed by atoms with Crippen LogP contribution in [0.2, 0.25) is 5.02 Å². The van der Waals surface area contributed by atoms with Crippen LogP contribution in [0.4, 0.5) is 0 Å². The minimum Gasteiger partial charge on any atom is -0.389 e. The molecule has 0 unspecified atom stereocenters. The van der Waals surface area contributed by atoms with Crippen LogP contribution in [-0.4, -0.2) is 52.6 Å². The lowest BCUT2D eigenvalue weighted by Gasteiger charge is -2.18. The zero-order valence-corrected chi connectivity index (χ0v) is 12.2. The van der Waals surface area contributed by atoms with Crippen molar-refractivity contribution in [1.29, 1.82) is 0 Å². The van der Waals surface area contributed by atoms with Crippen molar-refractivity contribution >= 4 is 11.6 Å². The van der Waals surface area contributed by atoms with E-state index in [1.165, 1.54) is 0 Å². The Morgan fingerprint density at radius 3 is 3.10 bits per heavy atom. The first-order chi connectivity index (χ1) is 10.2. The highest BCUT2D eigenvalue weighted by Gasteiger charge is 2.19. The van der Waals surface area contributed by atoms with Crippen molar-refractivity contribution in [2.45, 2.75) is 12.6 Å². The second-order valence-corrected chi connectivity index (χ2v) is 5.36. The molecular weight excluding hydrogens is 294 g/mol. The Balaban J connectivity index is 1.72. The van der Waals surface area contributed by atoms with E-state index in [-0.39, 0.29) is 0 Å². The standard InChI is InChI=1S/C14H16ClN3O3/c15-12-4-2-1-3-11(12)14-16-13(21-17-14)8-18-5-6-20-9-10(19)7-18/h1-4,10,19H,5-9H2/t10-/m0/s1. The van der Waals surface area contributed by atoms with Crippen LogP contribution >= 0.6 is 11.6 Å². The number of aliphatic hydroxyl groups excluding tert-OH is 1. The molecule has 1 aliphatic rings. The molecule has 2 aromatic rings. The summed E-state index contributed by atoms with van der Waals surface area (Å²) in [6.45, 7) is 2.69. The molecule has 0 radical (unpaired) electrons. The first-order valence-electron chi connectivity index (χ1n) is 6.78. The summed E-state index contributed by atoms with van der Waals surface area (Å²) in [7, 11) is 0. The fraction of sp³-hybridized carbons (Fsp3) is 0.429. The largest absolute Gasteiger partial charge is 0.389 e. The van der Waals surface area contributed by atoms with Gasteiger partial charge in [0.2, 0.25) is 11.7 Å². The summed E-state index contributed by atoms with van der Waals surface area (Å²) in [5.74, 6) is 0.973. The fourth-order valence-electron chi connectivity index (χ4n) is 2.26. The Labute approximate surface area is 127 Å². The SMILES string of the molecule is O[C@@H]1COCCN(Cc2nc(-c3ccccc3Cl)no2)C1. The van der Waals surface area contributed by atoms with Crippen LogP contribution in [0.3, 0.4) is 0 Å². The smallest absolute Gasteiger partial charge is 0.241 e. The maximum absolute atomic E-state index is 9.71. The maximum atomic E-state index is 9.71. The summed E-state index contributed by atoms with van der Waals surface area (Å²) in [6.07, 6.45) is -0.488. The van der Waals surface area contributed by atoms with E-state index in [4.69, 9.17) is 20.9 Å². The number of halogens is 1. The summed E-state index contributed by atoms with van der Waals surface area (Å²) in [5.41, 5.74) is 0.744. The Bertz CT molecular complexity index is 605. The summed E-state index contributed by atoms with van der Waals surface area (Å²) < 4.78 is 10.6. The summed E-state index contributed by atoms with van der Waals surface area (Å²) in [6, 6.07) is 7.36. The maximum Gasteiger partial charge on any atom is 0.241 e. The summed E-state index contributed by atoms with van der Waals surface area (Å²) >= 11 is 6.12. The molecular formula is C14H16ClN3O3. The van der Waals surface area contributed by atoms with Gasteiger partial charge < -0.3 is 14.4 Å². The number of aromatic nitrogens is 2. The van der Waals surface area contributed by atoms with Crippen molar-refractivity contribution in [2.75, 3.05) is 26.3 Å². The van der Waals surface area contributed by atoms with E-state index in [2.05, 4.69) is 10.1 Å². The van der Waals surface area contributed by atoms with Gasteiger partial charge in [-0.1, -0.05) is 28.9 Å². The Morgan fingerprint density at radius 1 is 1.38 bits per heavy atom. The van der Waals surface area contributed by atoms with Gasteiger partial charge >= 0.3 is 0 Å². The number of nitrogens with zero attached hydrogens (tertiary/aromatic N) is 3. The fourth-order valence-corrected chi connectivity index (χ4v) is 2.48. The molecule has 0 bridgehead atoms. The lowest BCUT2D eigenvalue weighted by atomic mass is 10.2. The number of β-amino-alcohol motifs (C(OH)–C–C–N with tert-alkyl or cyclic N) is 1. The van der Waals surface area contributed by atoms with Gasteiger partial charge in [0, 0.05) is 18.7 Å². The Hall–Kier alpha value is -1.47. The van der Waals surface area contributed by atoms with Crippen LogP contribution in [0.15, 0.2) is 28.8 Å². The minimum absolute atomic E-state index is 0.366. The third-order valence-electron chi connectivity index (χ3n) is 3.27. The molecule has 1 aromatic heterocycles. The molecule has 1 saturated heterocycles. The molecule has 6 nitrogen and oxygen atoms in total. The first-order valence-corrected chi connectivity index (χ1v) is 7.16. The molecule has 1 atom stereocenters. The highest BCUT2D eigenvalue weighted by molar-refractivity contribution is 6.33. The molecule has 0 amide bonds. The third kappa shape index (κ3) is 3.59. The second kappa shape index (κ2) is 6.53. The highest BCUT2D eigenvalue weighted by atomic mass is 35.5. The zero-order valence-electron chi connectivity index (χ0n) is 11.4. The molecule has 1 N–H and O–H groups in total. The number of aliphatic hydroxyl groups is 1. The summed E-state index contributed by atoms with van der Waals surface area (Å²) in [5, 5.41) is 14.3. The van der Waals surface area contributed by atoms with E-state index in [0.29, 0.717) is 43.0 Å². The van der Waals surface area contributed by atoms with E-state index >= 15 is 0 Å². The van der Waals surface area contributed by atoms with Crippen LogP contribution in [0.5, 0.6) is 0 Å². The highest BCUT2D eigenvalue weighted by Crippen LogP contribution is 2.25. The van der Waals surface area contributed by atoms with Gasteiger partial charge in [0.25, 0.3) is 0 Å². The molecule has 3 rings (SSSR count). The number of benzene rings is 1. The van der Waals surface area contributed by atoms with Crippen molar-refractivity contribution in [3.63, 3.8) is 0 Å². The van der Waals surface area contributed by atoms with Crippen molar-refractivity contribution < 1.29 is 14.4 Å². The second-order valence-electron chi connectivity index (χ2n) is 4.96. The minimum atomic E-state index is -0.488. The molecule has 7 heteroatoms. The third-order valence-corrected chi connectivity index (χ3v) is 3.60. The van der Waals surface area contributed by atoms with E-state index < -0.39 is 6.10 Å². The van der Waals surface area contributed by atoms with Crippen molar-refractivity contribution in [1.82, 2.24) is 15.0 Å². The average molecular weight is 310 g/mol. The monoisotopic (exact) mass is 309 g/mol. The van der Waals surface area contributed by atoms with E-state index in [1.54, 1.807) is 6.07 Å². The van der Waals surface area contributed by atoms with Gasteiger partial charge in [-0.2, -0.15) is 4.98 Å². The predicted octanol–water partition coefficient (Wildman–Crippen LogP) is 1.58. The molecule has 0 saturated carbocycles. The molecule has 1 aliphatic heterocycles.